The molecule has 0 aliphatic carbocycles. The first-order valence-electron chi connectivity index (χ1n) is 20.2. The fourth-order valence-corrected chi connectivity index (χ4v) is 9.24. The van der Waals surface area contributed by atoms with Gasteiger partial charge in [-0.05, 0) is 112 Å². The van der Waals surface area contributed by atoms with Crippen LogP contribution in [0.15, 0.2) is 223 Å². The Kier molecular flexibility index (Phi) is 7.54. The second-order valence-electron chi connectivity index (χ2n) is 15.3. The summed E-state index contributed by atoms with van der Waals surface area (Å²) in [6.45, 7) is 0. The fraction of sp³-hybridized carbons (Fsp3) is 0. The Morgan fingerprint density at radius 3 is 1.71 bits per heavy atom. The van der Waals surface area contributed by atoms with E-state index in [0.717, 1.165) is 66.6 Å². The van der Waals surface area contributed by atoms with Gasteiger partial charge >= 0.3 is 0 Å². The molecule has 3 nitrogen and oxygen atoms in total. The summed E-state index contributed by atoms with van der Waals surface area (Å²) in [6.07, 6.45) is 0. The van der Waals surface area contributed by atoms with Gasteiger partial charge in [0, 0.05) is 49.6 Å². The standard InChI is InChI=1S/C56H36N2O/c1-2-14-44-37(12-1)13-11-19-45(44)38-24-28-41(29-25-38)57(42-30-32-43(33-31-42)58-53-21-8-4-16-48(53)49-17-5-9-22-54(49)58)52-20-7-3-15-46(52)39-26-34-47-40(36-39)27-35-51-50-18-6-10-23-55(50)59-56(47)51/h1-36H. The summed E-state index contributed by atoms with van der Waals surface area (Å²) in [5.74, 6) is 0. The Morgan fingerprint density at radius 1 is 0.356 bits per heavy atom. The molecule has 0 unspecified atom stereocenters. The molecule has 276 valence electrons. The van der Waals surface area contributed by atoms with Gasteiger partial charge in [-0.1, -0.05) is 140 Å². The Bertz CT molecular complexity index is 3500. The molecule has 0 saturated carbocycles. The molecular weight excluding hydrogens is 717 g/mol. The van der Waals surface area contributed by atoms with Gasteiger partial charge in [-0.25, -0.2) is 0 Å². The highest BCUT2D eigenvalue weighted by molar-refractivity contribution is 6.15. The molecule has 0 fully saturated rings. The molecule has 10 aromatic carbocycles. The molecule has 0 saturated heterocycles. The van der Waals surface area contributed by atoms with E-state index in [1.807, 2.05) is 12.1 Å². The van der Waals surface area contributed by atoms with E-state index < -0.39 is 0 Å². The van der Waals surface area contributed by atoms with Crippen molar-refractivity contribution in [2.45, 2.75) is 0 Å². The second kappa shape index (κ2) is 13.4. The summed E-state index contributed by atoms with van der Waals surface area (Å²) in [5, 5.41) is 9.54. The van der Waals surface area contributed by atoms with Crippen molar-refractivity contribution >= 4 is 82.4 Å². The Morgan fingerprint density at radius 2 is 0.932 bits per heavy atom. The van der Waals surface area contributed by atoms with Crippen molar-refractivity contribution in [2.75, 3.05) is 4.90 Å². The van der Waals surface area contributed by atoms with Gasteiger partial charge in [-0.2, -0.15) is 0 Å². The van der Waals surface area contributed by atoms with E-state index in [-0.39, 0.29) is 0 Å². The summed E-state index contributed by atoms with van der Waals surface area (Å²) in [4.78, 5) is 2.39. The first kappa shape index (κ1) is 33.3. The lowest BCUT2D eigenvalue weighted by atomic mass is 9.97. The first-order chi connectivity index (χ1) is 29.3. The first-order valence-corrected chi connectivity index (χ1v) is 20.2. The Hall–Kier alpha value is -7.88. The van der Waals surface area contributed by atoms with E-state index in [1.165, 1.54) is 43.7 Å². The van der Waals surface area contributed by atoms with Gasteiger partial charge in [-0.3, -0.25) is 0 Å². The van der Waals surface area contributed by atoms with Gasteiger partial charge in [0.2, 0.25) is 0 Å². The summed E-state index contributed by atoms with van der Waals surface area (Å²) in [6, 6.07) is 78.8. The lowest BCUT2D eigenvalue weighted by Gasteiger charge is -2.28. The molecule has 59 heavy (non-hydrogen) atoms. The zero-order chi connectivity index (χ0) is 38.9. The van der Waals surface area contributed by atoms with E-state index in [9.17, 15) is 0 Å². The van der Waals surface area contributed by atoms with Gasteiger partial charge in [0.1, 0.15) is 11.2 Å². The Labute approximate surface area is 341 Å². The van der Waals surface area contributed by atoms with Crippen LogP contribution in [0, 0.1) is 0 Å². The number of anilines is 3. The van der Waals surface area contributed by atoms with Crippen LogP contribution in [0.3, 0.4) is 0 Å². The molecule has 0 spiro atoms. The second-order valence-corrected chi connectivity index (χ2v) is 15.3. The fourth-order valence-electron chi connectivity index (χ4n) is 9.24. The third kappa shape index (κ3) is 5.36. The molecule has 0 atom stereocenters. The molecule has 0 aliphatic rings. The molecule has 2 heterocycles. The average molecular weight is 753 g/mol. The van der Waals surface area contributed by atoms with Crippen molar-refractivity contribution in [2.24, 2.45) is 0 Å². The maximum Gasteiger partial charge on any atom is 0.143 e. The zero-order valence-electron chi connectivity index (χ0n) is 32.1. The van der Waals surface area contributed by atoms with Crippen molar-refractivity contribution in [3.63, 3.8) is 0 Å². The average Bonchev–Trinajstić information content (AvgIpc) is 3.86. The minimum Gasteiger partial charge on any atom is -0.455 e. The van der Waals surface area contributed by atoms with Crippen molar-refractivity contribution in [3.05, 3.63) is 218 Å². The van der Waals surface area contributed by atoms with Gasteiger partial charge in [0.25, 0.3) is 0 Å². The normalized spacial score (nSPS) is 11.7. The van der Waals surface area contributed by atoms with Crippen LogP contribution in [0.2, 0.25) is 0 Å². The van der Waals surface area contributed by atoms with E-state index in [4.69, 9.17) is 4.42 Å². The maximum absolute atomic E-state index is 6.43. The minimum atomic E-state index is 0.913. The monoisotopic (exact) mass is 752 g/mol. The molecule has 2 aromatic heterocycles. The molecule has 0 bridgehead atoms. The van der Waals surface area contributed by atoms with Crippen LogP contribution in [0.5, 0.6) is 0 Å². The maximum atomic E-state index is 6.43. The van der Waals surface area contributed by atoms with Crippen LogP contribution in [0.4, 0.5) is 17.1 Å². The van der Waals surface area contributed by atoms with Crippen molar-refractivity contribution in [3.8, 4) is 27.9 Å². The summed E-state index contributed by atoms with van der Waals surface area (Å²) in [7, 11) is 0. The predicted octanol–water partition coefficient (Wildman–Crippen LogP) is 15.8. The highest BCUT2D eigenvalue weighted by atomic mass is 16.3. The number of rotatable bonds is 6. The number of benzene rings is 10. The van der Waals surface area contributed by atoms with Crippen molar-refractivity contribution < 1.29 is 4.42 Å². The summed E-state index contributed by atoms with van der Waals surface area (Å²) in [5.41, 5.74) is 13.3. The molecule has 3 heteroatoms. The quantitative estimate of drug-likeness (QED) is 0.169. The Balaban J connectivity index is 1.01. The topological polar surface area (TPSA) is 21.3 Å². The van der Waals surface area contributed by atoms with E-state index in [1.54, 1.807) is 0 Å². The highest BCUT2D eigenvalue weighted by Crippen LogP contribution is 2.44. The summed E-state index contributed by atoms with van der Waals surface area (Å²) < 4.78 is 8.80. The van der Waals surface area contributed by atoms with Crippen LogP contribution >= 0.6 is 0 Å². The van der Waals surface area contributed by atoms with E-state index >= 15 is 0 Å². The number of nitrogens with zero attached hydrogens (tertiary/aromatic N) is 2. The van der Waals surface area contributed by atoms with Crippen molar-refractivity contribution in [1.82, 2.24) is 4.57 Å². The molecule has 12 rings (SSSR count). The van der Waals surface area contributed by atoms with Gasteiger partial charge in [-0.15, -0.1) is 0 Å². The van der Waals surface area contributed by atoms with E-state index in [2.05, 4.69) is 216 Å². The van der Waals surface area contributed by atoms with Gasteiger partial charge in [0.05, 0.1) is 16.7 Å². The molecule has 0 radical (unpaired) electrons. The van der Waals surface area contributed by atoms with E-state index in [0.29, 0.717) is 0 Å². The molecule has 12 aromatic rings. The largest absolute Gasteiger partial charge is 0.455 e. The number of hydrogen-bond acceptors (Lipinski definition) is 2. The minimum absolute atomic E-state index is 0.913. The van der Waals surface area contributed by atoms with Crippen molar-refractivity contribution in [1.29, 1.82) is 0 Å². The zero-order valence-corrected chi connectivity index (χ0v) is 32.1. The van der Waals surface area contributed by atoms with Gasteiger partial charge < -0.3 is 13.9 Å². The van der Waals surface area contributed by atoms with Crippen LogP contribution in [-0.4, -0.2) is 4.57 Å². The lowest BCUT2D eigenvalue weighted by Crippen LogP contribution is -2.11. The highest BCUT2D eigenvalue weighted by Gasteiger charge is 2.20. The third-order valence-electron chi connectivity index (χ3n) is 12.0. The van der Waals surface area contributed by atoms with Gasteiger partial charge in [0.15, 0.2) is 0 Å². The summed E-state index contributed by atoms with van der Waals surface area (Å²) >= 11 is 0. The van der Waals surface area contributed by atoms with Crippen LogP contribution in [0.1, 0.15) is 0 Å². The third-order valence-corrected chi connectivity index (χ3v) is 12.0. The molecular formula is C56H36N2O. The molecule has 0 aliphatic heterocycles. The number of furan rings is 1. The number of aromatic nitrogens is 1. The SMILES string of the molecule is c1ccc(N(c2ccc(-c3cccc4ccccc34)cc2)c2ccc(-n3c4ccccc4c4ccccc43)cc2)c(-c2ccc3c(ccc4c5ccccc5oc34)c2)c1. The number of para-hydroxylation sites is 4. The smallest absolute Gasteiger partial charge is 0.143 e. The van der Waals surface area contributed by atoms with Crippen LogP contribution in [0.25, 0.3) is 93.2 Å². The molecule has 0 amide bonds. The lowest BCUT2D eigenvalue weighted by molar-refractivity contribution is 0.672. The number of fused-ring (bicyclic) bond motifs is 9. The van der Waals surface area contributed by atoms with Crippen LogP contribution < -0.4 is 4.90 Å². The van der Waals surface area contributed by atoms with Crippen LogP contribution in [-0.2, 0) is 0 Å². The predicted molar refractivity (Wildman–Crippen MR) is 249 cm³/mol. The number of hydrogen-bond donors (Lipinski definition) is 0. The molecule has 0 N–H and O–H groups in total.